The van der Waals surface area contributed by atoms with Crippen LogP contribution in [0.5, 0.6) is 0 Å². The Morgan fingerprint density at radius 3 is 2.62 bits per heavy atom. The van der Waals surface area contributed by atoms with Crippen molar-refractivity contribution in [3.63, 3.8) is 0 Å². The van der Waals surface area contributed by atoms with Gasteiger partial charge in [0.25, 0.3) is 0 Å². The van der Waals surface area contributed by atoms with E-state index in [0.717, 1.165) is 18.5 Å². The van der Waals surface area contributed by atoms with E-state index in [1.54, 1.807) is 18.2 Å². The van der Waals surface area contributed by atoms with Crippen molar-refractivity contribution in [1.29, 1.82) is 0 Å². The molecule has 0 unspecified atom stereocenters. The number of halogens is 2. The third-order valence-electron chi connectivity index (χ3n) is 2.89. The molecule has 1 heterocycles. The van der Waals surface area contributed by atoms with Crippen LogP contribution in [0.15, 0.2) is 23.0 Å². The second-order valence-electron chi connectivity index (χ2n) is 4.17. The first-order valence-electron chi connectivity index (χ1n) is 5.17. The fraction of sp³-hybridized carbons (Fsp3) is 0.250. The molecule has 1 N–H and O–H groups in total. The zero-order chi connectivity index (χ0) is 11.3. The first kappa shape index (κ1) is 10.2. The number of aromatic amines is 1. The van der Waals surface area contributed by atoms with Crippen molar-refractivity contribution in [3.8, 4) is 0 Å². The molecule has 2 nitrogen and oxygen atoms in total. The lowest BCUT2D eigenvalue weighted by molar-refractivity contribution is 1.04. The maximum absolute atomic E-state index is 11.9. The predicted molar refractivity (Wildman–Crippen MR) is 66.6 cm³/mol. The Hall–Kier alpha value is -0.990. The average molecular weight is 254 g/mol. The molecular formula is C12H9Cl2NO. The summed E-state index contributed by atoms with van der Waals surface area (Å²) in [7, 11) is 0. The van der Waals surface area contributed by atoms with Gasteiger partial charge in [-0.25, -0.2) is 0 Å². The first-order chi connectivity index (χ1) is 7.65. The molecule has 2 aromatic rings. The van der Waals surface area contributed by atoms with Crippen molar-refractivity contribution >= 4 is 34.1 Å². The largest absolute Gasteiger partial charge is 0.357 e. The molecule has 1 fully saturated rings. The van der Waals surface area contributed by atoms with Crippen LogP contribution in [0.1, 0.15) is 24.5 Å². The molecule has 16 heavy (non-hydrogen) atoms. The summed E-state index contributed by atoms with van der Waals surface area (Å²) in [5.41, 5.74) is 1.67. The van der Waals surface area contributed by atoms with E-state index in [-0.39, 0.29) is 5.43 Å². The molecule has 0 atom stereocenters. The Morgan fingerprint density at radius 2 is 1.94 bits per heavy atom. The molecule has 0 radical (unpaired) electrons. The minimum absolute atomic E-state index is 0.0138. The summed E-state index contributed by atoms with van der Waals surface area (Å²) in [5.74, 6) is 0.504. The fourth-order valence-corrected chi connectivity index (χ4v) is 2.45. The summed E-state index contributed by atoms with van der Waals surface area (Å²) in [6.45, 7) is 0. The van der Waals surface area contributed by atoms with E-state index in [0.29, 0.717) is 26.9 Å². The highest BCUT2D eigenvalue weighted by molar-refractivity contribution is 6.38. The maximum atomic E-state index is 11.9. The van der Waals surface area contributed by atoms with Crippen molar-refractivity contribution in [2.24, 2.45) is 0 Å². The molecule has 0 amide bonds. The van der Waals surface area contributed by atoms with Gasteiger partial charge in [0.05, 0.1) is 10.5 Å². The number of hydrogen-bond acceptors (Lipinski definition) is 1. The van der Waals surface area contributed by atoms with Gasteiger partial charge >= 0.3 is 0 Å². The minimum Gasteiger partial charge on any atom is -0.357 e. The van der Waals surface area contributed by atoms with E-state index < -0.39 is 0 Å². The van der Waals surface area contributed by atoms with Gasteiger partial charge < -0.3 is 4.98 Å². The van der Waals surface area contributed by atoms with Gasteiger partial charge in [-0.3, -0.25) is 4.79 Å². The molecule has 0 bridgehead atoms. The van der Waals surface area contributed by atoms with Gasteiger partial charge in [-0.1, -0.05) is 23.2 Å². The van der Waals surface area contributed by atoms with Gasteiger partial charge in [-0.15, -0.1) is 0 Å². The molecule has 0 aliphatic heterocycles. The van der Waals surface area contributed by atoms with Gasteiger partial charge in [0.2, 0.25) is 0 Å². The van der Waals surface area contributed by atoms with Crippen LogP contribution in [-0.2, 0) is 0 Å². The predicted octanol–water partition coefficient (Wildman–Crippen LogP) is 3.71. The number of H-pyrrole nitrogens is 1. The van der Waals surface area contributed by atoms with Gasteiger partial charge in [0.1, 0.15) is 0 Å². The topological polar surface area (TPSA) is 32.9 Å². The molecule has 1 aliphatic rings. The number of fused-ring (bicyclic) bond motifs is 1. The fourth-order valence-electron chi connectivity index (χ4n) is 1.91. The average Bonchev–Trinajstić information content (AvgIpc) is 3.02. The standard InChI is InChI=1S/C12H9Cl2NO/c13-7-3-8-11(16)5-10(6-1-2-6)15-12(8)9(14)4-7/h3-6H,1-2H2,(H,15,16). The molecular weight excluding hydrogens is 245 g/mol. The third kappa shape index (κ3) is 1.62. The molecule has 1 saturated carbocycles. The van der Waals surface area contributed by atoms with Gasteiger partial charge in [-0.2, -0.15) is 0 Å². The highest BCUT2D eigenvalue weighted by Gasteiger charge is 2.25. The zero-order valence-electron chi connectivity index (χ0n) is 8.39. The van der Waals surface area contributed by atoms with Crippen LogP contribution < -0.4 is 5.43 Å². The van der Waals surface area contributed by atoms with Crippen molar-refractivity contribution < 1.29 is 0 Å². The number of nitrogens with one attached hydrogen (secondary N) is 1. The van der Waals surface area contributed by atoms with E-state index in [2.05, 4.69) is 4.98 Å². The number of pyridine rings is 1. The van der Waals surface area contributed by atoms with Crippen LogP contribution in [0.3, 0.4) is 0 Å². The Kier molecular flexibility index (Phi) is 2.23. The van der Waals surface area contributed by atoms with Crippen molar-refractivity contribution in [3.05, 3.63) is 44.2 Å². The van der Waals surface area contributed by atoms with Crippen LogP contribution in [0.25, 0.3) is 10.9 Å². The molecule has 1 aromatic heterocycles. The van der Waals surface area contributed by atoms with Gasteiger partial charge in [0, 0.05) is 22.2 Å². The number of hydrogen-bond donors (Lipinski definition) is 1. The Morgan fingerprint density at radius 1 is 1.19 bits per heavy atom. The normalized spacial score (nSPS) is 15.6. The Labute approximate surface area is 102 Å². The highest BCUT2D eigenvalue weighted by atomic mass is 35.5. The lowest BCUT2D eigenvalue weighted by Crippen LogP contribution is -2.04. The summed E-state index contributed by atoms with van der Waals surface area (Å²) < 4.78 is 0. The minimum atomic E-state index is -0.0138. The first-order valence-corrected chi connectivity index (χ1v) is 5.93. The Bertz CT molecular complexity index is 629. The summed E-state index contributed by atoms with van der Waals surface area (Å²) in [6.07, 6.45) is 2.29. The van der Waals surface area contributed by atoms with E-state index in [1.807, 2.05) is 0 Å². The number of aromatic nitrogens is 1. The van der Waals surface area contributed by atoms with Crippen LogP contribution >= 0.6 is 23.2 Å². The Balaban J connectivity index is 2.37. The van der Waals surface area contributed by atoms with Crippen molar-refractivity contribution in [2.75, 3.05) is 0 Å². The van der Waals surface area contributed by atoms with Crippen LogP contribution in [-0.4, -0.2) is 4.98 Å². The molecule has 0 spiro atoms. The van der Waals surface area contributed by atoms with Crippen molar-refractivity contribution in [2.45, 2.75) is 18.8 Å². The van der Waals surface area contributed by atoms with Gasteiger partial charge in [-0.05, 0) is 30.9 Å². The van der Waals surface area contributed by atoms with Crippen LogP contribution in [0.4, 0.5) is 0 Å². The lowest BCUT2D eigenvalue weighted by Gasteiger charge is -2.05. The quantitative estimate of drug-likeness (QED) is 0.826. The molecule has 1 aliphatic carbocycles. The third-order valence-corrected chi connectivity index (χ3v) is 3.41. The number of rotatable bonds is 1. The maximum Gasteiger partial charge on any atom is 0.189 e. The summed E-state index contributed by atoms with van der Waals surface area (Å²) in [5, 5.41) is 1.55. The summed E-state index contributed by atoms with van der Waals surface area (Å²) in [4.78, 5) is 15.1. The van der Waals surface area contributed by atoms with Crippen LogP contribution in [0, 0.1) is 0 Å². The molecule has 3 rings (SSSR count). The van der Waals surface area contributed by atoms with E-state index in [1.165, 1.54) is 0 Å². The second-order valence-corrected chi connectivity index (χ2v) is 5.02. The second kappa shape index (κ2) is 3.51. The highest BCUT2D eigenvalue weighted by Crippen LogP contribution is 2.39. The van der Waals surface area contributed by atoms with Crippen molar-refractivity contribution in [1.82, 2.24) is 4.98 Å². The van der Waals surface area contributed by atoms with E-state index in [9.17, 15) is 4.79 Å². The van der Waals surface area contributed by atoms with Crippen LogP contribution in [0.2, 0.25) is 10.0 Å². The molecule has 82 valence electrons. The SMILES string of the molecule is O=c1cc(C2CC2)[nH]c2c(Cl)cc(Cl)cc12. The molecule has 0 saturated heterocycles. The van der Waals surface area contributed by atoms with E-state index in [4.69, 9.17) is 23.2 Å². The molecule has 4 heteroatoms. The van der Waals surface area contributed by atoms with Gasteiger partial charge in [0.15, 0.2) is 5.43 Å². The van der Waals surface area contributed by atoms with E-state index >= 15 is 0 Å². The summed E-state index contributed by atoms with van der Waals surface area (Å²) in [6, 6.07) is 4.96. The zero-order valence-corrected chi connectivity index (χ0v) is 9.90. The molecule has 1 aromatic carbocycles. The smallest absolute Gasteiger partial charge is 0.189 e. The summed E-state index contributed by atoms with van der Waals surface area (Å²) >= 11 is 12.0. The number of benzene rings is 1. The monoisotopic (exact) mass is 253 g/mol. The lowest BCUT2D eigenvalue weighted by atomic mass is 10.1.